The Hall–Kier alpha value is -1.28. The van der Waals surface area contributed by atoms with Crippen molar-refractivity contribution >= 4 is 23.6 Å². The molecule has 15 heavy (non-hydrogen) atoms. The minimum absolute atomic E-state index is 0.255. The van der Waals surface area contributed by atoms with Crippen molar-refractivity contribution in [1.82, 2.24) is 0 Å². The Balaban J connectivity index is 2.71. The van der Waals surface area contributed by atoms with Crippen LogP contribution < -0.4 is 0 Å². The summed E-state index contributed by atoms with van der Waals surface area (Å²) in [6, 6.07) is 5.75. The van der Waals surface area contributed by atoms with Crippen LogP contribution >= 0.6 is 11.6 Å². The molecule has 0 saturated carbocycles. The second-order valence-electron chi connectivity index (χ2n) is 3.21. The molecule has 0 aliphatic rings. The zero-order chi connectivity index (χ0) is 11.3. The van der Waals surface area contributed by atoms with Gasteiger partial charge in [-0.2, -0.15) is 0 Å². The van der Waals surface area contributed by atoms with Crippen molar-refractivity contribution in [2.75, 3.05) is 7.11 Å². The maximum atomic E-state index is 10.8. The van der Waals surface area contributed by atoms with Gasteiger partial charge in [0.05, 0.1) is 13.5 Å². The Morgan fingerprint density at radius 2 is 2.27 bits per heavy atom. The second kappa shape index (κ2) is 5.56. The fourth-order valence-electron chi connectivity index (χ4n) is 1.16. The van der Waals surface area contributed by atoms with Gasteiger partial charge in [0.25, 0.3) is 0 Å². The van der Waals surface area contributed by atoms with Gasteiger partial charge in [-0.3, -0.25) is 4.79 Å². The highest BCUT2D eigenvalue weighted by Gasteiger charge is 1.98. The van der Waals surface area contributed by atoms with Gasteiger partial charge in [0.15, 0.2) is 0 Å². The molecular formula is C12H13ClO2. The van der Waals surface area contributed by atoms with E-state index < -0.39 is 0 Å². The number of methoxy groups -OCH3 is 1. The van der Waals surface area contributed by atoms with Gasteiger partial charge in [-0.05, 0) is 18.6 Å². The van der Waals surface area contributed by atoms with Crippen LogP contribution in [-0.4, -0.2) is 13.1 Å². The van der Waals surface area contributed by atoms with E-state index in [1.54, 1.807) is 6.08 Å². The molecule has 80 valence electrons. The van der Waals surface area contributed by atoms with Gasteiger partial charge in [-0.1, -0.05) is 41.4 Å². The Labute approximate surface area is 94.5 Å². The van der Waals surface area contributed by atoms with E-state index in [2.05, 4.69) is 4.74 Å². The van der Waals surface area contributed by atoms with Crippen LogP contribution in [0.4, 0.5) is 0 Å². The molecule has 3 heteroatoms. The minimum atomic E-state index is -0.255. The number of rotatable bonds is 3. The Kier molecular flexibility index (Phi) is 4.37. The molecule has 1 aromatic rings. The van der Waals surface area contributed by atoms with E-state index in [0.717, 1.165) is 11.1 Å². The molecule has 0 atom stereocenters. The van der Waals surface area contributed by atoms with Crippen molar-refractivity contribution in [2.24, 2.45) is 0 Å². The van der Waals surface area contributed by atoms with Crippen LogP contribution in [0.25, 0.3) is 6.08 Å². The highest BCUT2D eigenvalue weighted by Crippen LogP contribution is 2.18. The zero-order valence-electron chi connectivity index (χ0n) is 8.79. The van der Waals surface area contributed by atoms with Gasteiger partial charge >= 0.3 is 5.97 Å². The third-order valence-corrected chi connectivity index (χ3v) is 2.31. The molecule has 0 spiro atoms. The molecule has 0 aliphatic heterocycles. The Morgan fingerprint density at radius 3 is 2.93 bits per heavy atom. The van der Waals surface area contributed by atoms with E-state index >= 15 is 0 Å². The molecule has 0 unspecified atom stereocenters. The molecule has 0 aromatic heterocycles. The van der Waals surface area contributed by atoms with E-state index in [0.29, 0.717) is 5.02 Å². The number of hydrogen-bond donors (Lipinski definition) is 0. The molecular weight excluding hydrogens is 212 g/mol. The maximum absolute atomic E-state index is 10.8. The average molecular weight is 225 g/mol. The lowest BCUT2D eigenvalue weighted by molar-refractivity contribution is -0.139. The first-order chi connectivity index (χ1) is 7.13. The van der Waals surface area contributed by atoms with Crippen molar-refractivity contribution in [2.45, 2.75) is 13.3 Å². The average Bonchev–Trinajstić information content (AvgIpc) is 2.23. The Bertz CT molecular complexity index is 383. The molecule has 0 amide bonds. The van der Waals surface area contributed by atoms with E-state index in [1.807, 2.05) is 31.2 Å². The summed E-state index contributed by atoms with van der Waals surface area (Å²) in [7, 11) is 1.37. The van der Waals surface area contributed by atoms with Gasteiger partial charge in [0.2, 0.25) is 0 Å². The van der Waals surface area contributed by atoms with Gasteiger partial charge in [0, 0.05) is 5.02 Å². The molecule has 0 saturated heterocycles. The predicted octanol–water partition coefficient (Wildman–Crippen LogP) is 3.22. The van der Waals surface area contributed by atoms with Crippen LogP contribution in [-0.2, 0) is 9.53 Å². The lowest BCUT2D eigenvalue weighted by atomic mass is 10.1. The van der Waals surface area contributed by atoms with Crippen molar-refractivity contribution in [3.05, 3.63) is 40.4 Å². The van der Waals surface area contributed by atoms with Crippen molar-refractivity contribution in [3.63, 3.8) is 0 Å². The number of halogens is 1. The van der Waals surface area contributed by atoms with Gasteiger partial charge < -0.3 is 4.74 Å². The van der Waals surface area contributed by atoms with Crippen LogP contribution in [0.15, 0.2) is 24.3 Å². The van der Waals surface area contributed by atoms with Crippen LogP contribution in [0.3, 0.4) is 0 Å². The van der Waals surface area contributed by atoms with Crippen molar-refractivity contribution < 1.29 is 9.53 Å². The number of benzene rings is 1. The topological polar surface area (TPSA) is 26.3 Å². The van der Waals surface area contributed by atoms with E-state index in [-0.39, 0.29) is 12.4 Å². The first-order valence-corrected chi connectivity index (χ1v) is 5.01. The van der Waals surface area contributed by atoms with E-state index in [4.69, 9.17) is 11.6 Å². The molecule has 1 aromatic carbocycles. The molecule has 0 N–H and O–H groups in total. The summed E-state index contributed by atoms with van der Waals surface area (Å²) in [6.07, 6.45) is 3.83. The summed E-state index contributed by atoms with van der Waals surface area (Å²) in [5, 5.41) is 0.682. The minimum Gasteiger partial charge on any atom is -0.469 e. The molecule has 0 heterocycles. The number of carbonyl (C=O) groups excluding carboxylic acids is 1. The first kappa shape index (κ1) is 11.8. The summed E-state index contributed by atoms with van der Waals surface area (Å²) >= 11 is 5.98. The summed E-state index contributed by atoms with van der Waals surface area (Å²) in [5.74, 6) is -0.255. The van der Waals surface area contributed by atoms with Gasteiger partial charge in [-0.15, -0.1) is 0 Å². The quantitative estimate of drug-likeness (QED) is 0.737. The summed E-state index contributed by atoms with van der Waals surface area (Å²) in [6.45, 7) is 1.99. The Morgan fingerprint density at radius 1 is 1.53 bits per heavy atom. The molecule has 1 rings (SSSR count). The summed E-state index contributed by atoms with van der Waals surface area (Å²) in [4.78, 5) is 10.8. The number of esters is 1. The third-order valence-electron chi connectivity index (χ3n) is 1.96. The molecule has 0 bridgehead atoms. The van der Waals surface area contributed by atoms with Crippen molar-refractivity contribution in [1.29, 1.82) is 0 Å². The zero-order valence-corrected chi connectivity index (χ0v) is 9.54. The van der Waals surface area contributed by atoms with E-state index in [1.165, 1.54) is 7.11 Å². The number of aryl methyl sites for hydroxylation is 1. The first-order valence-electron chi connectivity index (χ1n) is 4.63. The van der Waals surface area contributed by atoms with Crippen LogP contribution in [0.5, 0.6) is 0 Å². The van der Waals surface area contributed by atoms with Crippen LogP contribution in [0.2, 0.25) is 5.02 Å². The number of ether oxygens (including phenoxy) is 1. The smallest absolute Gasteiger partial charge is 0.309 e. The molecule has 0 aliphatic carbocycles. The molecule has 0 fully saturated rings. The third kappa shape index (κ3) is 3.76. The normalized spacial score (nSPS) is 10.6. The molecule has 0 radical (unpaired) electrons. The highest BCUT2D eigenvalue weighted by atomic mass is 35.5. The summed E-state index contributed by atoms with van der Waals surface area (Å²) < 4.78 is 4.52. The number of carbonyl (C=O) groups is 1. The SMILES string of the molecule is COC(=O)CC=Cc1cc(C)ccc1Cl. The fraction of sp³-hybridized carbons (Fsp3) is 0.250. The van der Waals surface area contributed by atoms with Crippen LogP contribution in [0.1, 0.15) is 17.5 Å². The summed E-state index contributed by atoms with van der Waals surface area (Å²) in [5.41, 5.74) is 2.05. The number of hydrogen-bond acceptors (Lipinski definition) is 2. The largest absolute Gasteiger partial charge is 0.469 e. The van der Waals surface area contributed by atoms with Crippen LogP contribution in [0, 0.1) is 6.92 Å². The van der Waals surface area contributed by atoms with Gasteiger partial charge in [0.1, 0.15) is 0 Å². The highest BCUT2D eigenvalue weighted by molar-refractivity contribution is 6.32. The second-order valence-corrected chi connectivity index (χ2v) is 3.61. The lowest BCUT2D eigenvalue weighted by Crippen LogP contribution is -1.96. The standard InChI is InChI=1S/C12H13ClO2/c1-9-6-7-11(13)10(8-9)4-3-5-12(14)15-2/h3-4,6-8H,5H2,1-2H3. The van der Waals surface area contributed by atoms with Crippen molar-refractivity contribution in [3.8, 4) is 0 Å². The lowest BCUT2D eigenvalue weighted by Gasteiger charge is -1.99. The fourth-order valence-corrected chi connectivity index (χ4v) is 1.34. The van der Waals surface area contributed by atoms with E-state index in [9.17, 15) is 4.79 Å². The predicted molar refractivity (Wildman–Crippen MR) is 61.9 cm³/mol. The maximum Gasteiger partial charge on any atom is 0.309 e. The molecule has 2 nitrogen and oxygen atoms in total. The van der Waals surface area contributed by atoms with Gasteiger partial charge in [-0.25, -0.2) is 0 Å². The monoisotopic (exact) mass is 224 g/mol.